The monoisotopic (exact) mass is 293 g/mol. The van der Waals surface area contributed by atoms with E-state index in [0.29, 0.717) is 10.7 Å². The van der Waals surface area contributed by atoms with Gasteiger partial charge in [0.15, 0.2) is 0 Å². The third-order valence-corrected chi connectivity index (χ3v) is 3.99. The summed E-state index contributed by atoms with van der Waals surface area (Å²) < 4.78 is 5.84. The number of furan rings is 1. The minimum Gasteiger partial charge on any atom is -0.456 e. The summed E-state index contributed by atoms with van der Waals surface area (Å²) in [6.45, 7) is 0. The van der Waals surface area contributed by atoms with Crippen LogP contribution in [0.15, 0.2) is 65.1 Å². The Labute approximate surface area is 126 Å². The Hall–Kier alpha value is -2.45. The summed E-state index contributed by atoms with van der Waals surface area (Å²) in [4.78, 5) is 0. The second-order valence-electron chi connectivity index (χ2n) is 5.05. The molecule has 0 aliphatic heterocycles. The van der Waals surface area contributed by atoms with Gasteiger partial charge in [-0.05, 0) is 35.9 Å². The molecule has 0 radical (unpaired) electrons. The minimum atomic E-state index is 0.655. The number of halogens is 1. The summed E-state index contributed by atoms with van der Waals surface area (Å²) in [6, 6.07) is 19.7. The highest BCUT2D eigenvalue weighted by molar-refractivity contribution is 6.33. The fraction of sp³-hybridized carbons (Fsp3) is 0. The van der Waals surface area contributed by atoms with Gasteiger partial charge in [-0.15, -0.1) is 0 Å². The molecule has 0 amide bonds. The molecule has 4 aromatic rings. The predicted molar refractivity (Wildman–Crippen MR) is 88.6 cm³/mol. The van der Waals surface area contributed by atoms with E-state index in [0.717, 1.165) is 33.1 Å². The molecule has 0 bridgehead atoms. The van der Waals surface area contributed by atoms with Crippen LogP contribution >= 0.6 is 11.6 Å². The third kappa shape index (κ3) is 1.96. The zero-order valence-corrected chi connectivity index (χ0v) is 11.9. The van der Waals surface area contributed by atoms with Crippen molar-refractivity contribution in [1.29, 1.82) is 0 Å². The van der Waals surface area contributed by atoms with Crippen molar-refractivity contribution in [3.8, 4) is 11.1 Å². The molecule has 2 N–H and O–H groups in total. The summed E-state index contributed by atoms with van der Waals surface area (Å²) in [6.07, 6.45) is 0. The van der Waals surface area contributed by atoms with E-state index in [-0.39, 0.29) is 0 Å². The van der Waals surface area contributed by atoms with Crippen molar-refractivity contribution in [3.05, 3.63) is 65.7 Å². The quantitative estimate of drug-likeness (QED) is 0.471. The van der Waals surface area contributed by atoms with Gasteiger partial charge >= 0.3 is 0 Å². The number of hydrogen-bond acceptors (Lipinski definition) is 2. The average Bonchev–Trinajstić information content (AvgIpc) is 2.85. The van der Waals surface area contributed by atoms with E-state index >= 15 is 0 Å². The molecular formula is C18H12ClNO. The van der Waals surface area contributed by atoms with Gasteiger partial charge in [-0.3, -0.25) is 0 Å². The fourth-order valence-corrected chi connectivity index (χ4v) is 2.96. The van der Waals surface area contributed by atoms with Gasteiger partial charge in [0.05, 0.1) is 5.02 Å². The molecule has 4 rings (SSSR count). The molecule has 2 nitrogen and oxygen atoms in total. The maximum absolute atomic E-state index is 6.30. The maximum Gasteiger partial charge on any atom is 0.135 e. The van der Waals surface area contributed by atoms with Gasteiger partial charge in [-0.25, -0.2) is 0 Å². The highest BCUT2D eigenvalue weighted by Gasteiger charge is 2.09. The van der Waals surface area contributed by atoms with E-state index in [1.165, 1.54) is 0 Å². The van der Waals surface area contributed by atoms with Crippen molar-refractivity contribution in [2.75, 3.05) is 5.73 Å². The lowest BCUT2D eigenvalue weighted by Crippen LogP contribution is -1.86. The van der Waals surface area contributed by atoms with Crippen molar-refractivity contribution >= 4 is 39.2 Å². The number of anilines is 1. The number of nitrogens with two attached hydrogens (primary N) is 1. The maximum atomic E-state index is 6.30. The molecule has 0 saturated heterocycles. The molecule has 102 valence electrons. The number of benzene rings is 3. The van der Waals surface area contributed by atoms with Gasteiger partial charge in [0, 0.05) is 22.0 Å². The topological polar surface area (TPSA) is 39.2 Å². The van der Waals surface area contributed by atoms with Crippen molar-refractivity contribution in [3.63, 3.8) is 0 Å². The lowest BCUT2D eigenvalue weighted by molar-refractivity contribution is 0.669. The average molecular weight is 294 g/mol. The van der Waals surface area contributed by atoms with Crippen LogP contribution in [-0.2, 0) is 0 Å². The molecule has 21 heavy (non-hydrogen) atoms. The largest absolute Gasteiger partial charge is 0.456 e. The summed E-state index contributed by atoms with van der Waals surface area (Å²) in [5.41, 5.74) is 10.2. The van der Waals surface area contributed by atoms with Crippen LogP contribution in [0.25, 0.3) is 33.1 Å². The Balaban J connectivity index is 1.99. The van der Waals surface area contributed by atoms with E-state index in [1.807, 2.05) is 42.5 Å². The Bertz CT molecular complexity index is 971. The first-order chi connectivity index (χ1) is 10.2. The molecule has 1 heterocycles. The predicted octanol–water partition coefficient (Wildman–Crippen LogP) is 5.49. The van der Waals surface area contributed by atoms with E-state index in [2.05, 4.69) is 12.1 Å². The summed E-state index contributed by atoms with van der Waals surface area (Å²) in [5.74, 6) is 0. The molecule has 0 atom stereocenters. The molecule has 0 saturated carbocycles. The van der Waals surface area contributed by atoms with Crippen LogP contribution in [-0.4, -0.2) is 0 Å². The second kappa shape index (κ2) is 4.54. The molecule has 0 aliphatic rings. The number of rotatable bonds is 1. The molecule has 0 fully saturated rings. The van der Waals surface area contributed by atoms with Gasteiger partial charge in [-0.1, -0.05) is 41.9 Å². The zero-order valence-electron chi connectivity index (χ0n) is 11.1. The number of para-hydroxylation sites is 1. The van der Waals surface area contributed by atoms with E-state index in [9.17, 15) is 0 Å². The minimum absolute atomic E-state index is 0.655. The van der Waals surface area contributed by atoms with Crippen molar-refractivity contribution in [2.24, 2.45) is 0 Å². The zero-order chi connectivity index (χ0) is 14.4. The van der Waals surface area contributed by atoms with Crippen LogP contribution in [0, 0.1) is 0 Å². The molecule has 0 spiro atoms. The van der Waals surface area contributed by atoms with Gasteiger partial charge in [-0.2, -0.15) is 0 Å². The highest BCUT2D eigenvalue weighted by atomic mass is 35.5. The molecule has 1 aromatic heterocycles. The standard InChI is InChI=1S/C18H12ClNO/c19-16-10-12(20)6-7-13(16)11-5-8-18-15(9-11)14-3-1-2-4-17(14)21-18/h1-10H,20H2. The van der Waals surface area contributed by atoms with Gasteiger partial charge in [0.1, 0.15) is 11.2 Å². The Morgan fingerprint density at radius 1 is 0.810 bits per heavy atom. The normalized spacial score (nSPS) is 11.3. The molecule has 3 heteroatoms. The highest BCUT2D eigenvalue weighted by Crippen LogP contribution is 2.35. The van der Waals surface area contributed by atoms with Crippen LogP contribution in [0.3, 0.4) is 0 Å². The molecule has 3 aromatic carbocycles. The van der Waals surface area contributed by atoms with E-state index in [4.69, 9.17) is 21.8 Å². The summed E-state index contributed by atoms with van der Waals surface area (Å²) >= 11 is 6.30. The lowest BCUT2D eigenvalue weighted by Gasteiger charge is -2.05. The van der Waals surface area contributed by atoms with Gasteiger partial charge < -0.3 is 10.2 Å². The van der Waals surface area contributed by atoms with E-state index < -0.39 is 0 Å². The third-order valence-electron chi connectivity index (χ3n) is 3.68. The number of hydrogen-bond donors (Lipinski definition) is 1. The molecule has 0 aliphatic carbocycles. The van der Waals surface area contributed by atoms with Crippen LogP contribution in [0.1, 0.15) is 0 Å². The van der Waals surface area contributed by atoms with Crippen molar-refractivity contribution < 1.29 is 4.42 Å². The molecular weight excluding hydrogens is 282 g/mol. The van der Waals surface area contributed by atoms with Gasteiger partial charge in [0.2, 0.25) is 0 Å². The second-order valence-corrected chi connectivity index (χ2v) is 5.46. The fourth-order valence-electron chi connectivity index (χ4n) is 2.66. The Kier molecular flexibility index (Phi) is 2.66. The van der Waals surface area contributed by atoms with E-state index in [1.54, 1.807) is 6.07 Å². The number of nitrogen functional groups attached to an aromatic ring is 1. The van der Waals surface area contributed by atoms with Crippen LogP contribution in [0.4, 0.5) is 5.69 Å². The van der Waals surface area contributed by atoms with Gasteiger partial charge in [0.25, 0.3) is 0 Å². The van der Waals surface area contributed by atoms with Crippen LogP contribution < -0.4 is 5.73 Å². The Morgan fingerprint density at radius 2 is 1.62 bits per heavy atom. The molecule has 0 unspecified atom stereocenters. The summed E-state index contributed by atoms with van der Waals surface area (Å²) in [5, 5.41) is 2.86. The Morgan fingerprint density at radius 3 is 2.48 bits per heavy atom. The summed E-state index contributed by atoms with van der Waals surface area (Å²) in [7, 11) is 0. The first-order valence-corrected chi connectivity index (χ1v) is 7.07. The lowest BCUT2D eigenvalue weighted by atomic mass is 10.0. The first kappa shape index (κ1) is 12.3. The van der Waals surface area contributed by atoms with Crippen molar-refractivity contribution in [1.82, 2.24) is 0 Å². The first-order valence-electron chi connectivity index (χ1n) is 6.69. The van der Waals surface area contributed by atoms with Crippen LogP contribution in [0.5, 0.6) is 0 Å². The smallest absolute Gasteiger partial charge is 0.135 e. The number of fused-ring (bicyclic) bond motifs is 3. The SMILES string of the molecule is Nc1ccc(-c2ccc3oc4ccccc4c3c2)c(Cl)c1. The van der Waals surface area contributed by atoms with Crippen LogP contribution in [0.2, 0.25) is 5.02 Å². The van der Waals surface area contributed by atoms with Crippen molar-refractivity contribution in [2.45, 2.75) is 0 Å².